The predicted octanol–water partition coefficient (Wildman–Crippen LogP) is 1.49. The van der Waals surface area contributed by atoms with Crippen LogP contribution < -0.4 is 0 Å². The molecule has 3 heteroatoms. The van der Waals surface area contributed by atoms with Crippen LogP contribution in [0.5, 0.6) is 0 Å². The third kappa shape index (κ3) is 4.46. The summed E-state index contributed by atoms with van der Waals surface area (Å²) in [4.78, 5) is 10.5. The highest BCUT2D eigenvalue weighted by Crippen LogP contribution is 2.15. The average molecular weight is 174 g/mol. The highest BCUT2D eigenvalue weighted by molar-refractivity contribution is 5.59. The van der Waals surface area contributed by atoms with Gasteiger partial charge in [0.05, 0.1) is 6.10 Å². The van der Waals surface area contributed by atoms with E-state index in [0.29, 0.717) is 12.7 Å². The first kappa shape index (κ1) is 11.6. The van der Waals surface area contributed by atoms with Crippen molar-refractivity contribution >= 4 is 6.29 Å². The molecule has 0 radical (unpaired) electrons. The maximum absolute atomic E-state index is 10.5. The fourth-order valence-electron chi connectivity index (χ4n) is 0.984. The summed E-state index contributed by atoms with van der Waals surface area (Å²) in [5.74, 6) is -1.57. The molecular formula is C9H18O3. The lowest BCUT2D eigenvalue weighted by Crippen LogP contribution is -2.36. The summed E-state index contributed by atoms with van der Waals surface area (Å²) in [6, 6.07) is 0. The summed E-state index contributed by atoms with van der Waals surface area (Å²) in [5, 5.41) is 9.53. The third-order valence-electron chi connectivity index (χ3n) is 1.51. The number of carbonyl (C=O) groups excluding carboxylic acids is 1. The molecule has 1 N–H and O–H groups in total. The molecule has 0 rings (SSSR count). The van der Waals surface area contributed by atoms with Crippen LogP contribution >= 0.6 is 0 Å². The fraction of sp³-hybridized carbons (Fsp3) is 0.889. The molecule has 12 heavy (non-hydrogen) atoms. The molecule has 1 atom stereocenters. The molecule has 0 aliphatic rings. The number of carbonyl (C=O) groups is 1. The molecule has 0 aromatic rings. The van der Waals surface area contributed by atoms with Crippen LogP contribution in [0.15, 0.2) is 0 Å². The van der Waals surface area contributed by atoms with E-state index in [-0.39, 0.29) is 6.10 Å². The first-order chi connectivity index (χ1) is 5.54. The van der Waals surface area contributed by atoms with Crippen molar-refractivity contribution in [2.24, 2.45) is 0 Å². The first-order valence-electron chi connectivity index (χ1n) is 4.40. The molecule has 0 bridgehead atoms. The van der Waals surface area contributed by atoms with Crippen LogP contribution in [0.25, 0.3) is 0 Å². The average Bonchev–Trinajstić information content (AvgIpc) is 2.00. The summed E-state index contributed by atoms with van der Waals surface area (Å²) in [6.45, 7) is 5.58. The summed E-state index contributed by atoms with van der Waals surface area (Å²) in [5.41, 5.74) is 0. The van der Waals surface area contributed by atoms with Crippen molar-refractivity contribution in [3.05, 3.63) is 0 Å². The van der Waals surface area contributed by atoms with Gasteiger partial charge in [-0.1, -0.05) is 13.3 Å². The smallest absolute Gasteiger partial charge is 0.223 e. The van der Waals surface area contributed by atoms with Gasteiger partial charge in [0.2, 0.25) is 5.79 Å². The molecule has 0 saturated carbocycles. The molecule has 72 valence electrons. The van der Waals surface area contributed by atoms with Gasteiger partial charge in [0, 0.05) is 6.42 Å². The maximum atomic E-state index is 10.5. The molecule has 0 amide bonds. The minimum absolute atomic E-state index is 0.128. The zero-order chi connectivity index (χ0) is 9.61. The van der Waals surface area contributed by atoms with Crippen molar-refractivity contribution in [2.75, 3.05) is 0 Å². The lowest BCUT2D eigenvalue weighted by Gasteiger charge is -2.24. The second-order valence-electron chi connectivity index (χ2n) is 3.23. The summed E-state index contributed by atoms with van der Waals surface area (Å²) in [6.07, 6.45) is 2.46. The largest absolute Gasteiger partial charge is 0.360 e. The van der Waals surface area contributed by atoms with Gasteiger partial charge in [-0.2, -0.15) is 0 Å². The van der Waals surface area contributed by atoms with Gasteiger partial charge in [0.25, 0.3) is 0 Å². The van der Waals surface area contributed by atoms with Gasteiger partial charge in [0.15, 0.2) is 6.29 Å². The molecule has 0 aromatic carbocycles. The van der Waals surface area contributed by atoms with E-state index < -0.39 is 5.79 Å². The van der Waals surface area contributed by atoms with E-state index in [2.05, 4.69) is 0 Å². The number of hydrogen-bond donors (Lipinski definition) is 1. The quantitative estimate of drug-likeness (QED) is 0.490. The second kappa shape index (κ2) is 5.27. The Labute approximate surface area is 73.7 Å². The normalized spacial score (nSPS) is 16.1. The van der Waals surface area contributed by atoms with Crippen LogP contribution in [0.4, 0.5) is 0 Å². The van der Waals surface area contributed by atoms with Crippen molar-refractivity contribution in [1.82, 2.24) is 0 Å². The highest BCUT2D eigenvalue weighted by atomic mass is 16.6. The zero-order valence-corrected chi connectivity index (χ0v) is 8.04. The Kier molecular flexibility index (Phi) is 5.09. The molecule has 1 unspecified atom stereocenters. The van der Waals surface area contributed by atoms with E-state index in [1.807, 2.05) is 6.92 Å². The molecule has 0 aromatic heterocycles. The Morgan fingerprint density at radius 1 is 1.58 bits per heavy atom. The van der Waals surface area contributed by atoms with Gasteiger partial charge >= 0.3 is 0 Å². The molecule has 0 aliphatic heterocycles. The van der Waals surface area contributed by atoms with Crippen LogP contribution in [0.1, 0.15) is 40.0 Å². The van der Waals surface area contributed by atoms with E-state index in [1.54, 1.807) is 13.8 Å². The van der Waals surface area contributed by atoms with Crippen molar-refractivity contribution in [3.63, 3.8) is 0 Å². The molecule has 0 saturated heterocycles. The Morgan fingerprint density at radius 3 is 2.50 bits per heavy atom. The lowest BCUT2D eigenvalue weighted by molar-refractivity contribution is -0.211. The third-order valence-corrected chi connectivity index (χ3v) is 1.51. The molecule has 0 heterocycles. The summed E-state index contributed by atoms with van der Waals surface area (Å²) >= 11 is 0. The van der Waals surface area contributed by atoms with E-state index in [1.165, 1.54) is 0 Å². The van der Waals surface area contributed by atoms with Crippen molar-refractivity contribution in [1.29, 1.82) is 0 Å². The summed E-state index contributed by atoms with van der Waals surface area (Å²) < 4.78 is 5.08. The topological polar surface area (TPSA) is 46.5 Å². The van der Waals surface area contributed by atoms with Crippen LogP contribution in [-0.2, 0) is 9.53 Å². The summed E-state index contributed by atoms with van der Waals surface area (Å²) in [7, 11) is 0. The number of aldehydes is 1. The van der Waals surface area contributed by atoms with E-state index in [0.717, 1.165) is 12.8 Å². The SMILES string of the molecule is CCCCC(O)(C=O)OC(C)C. The van der Waals surface area contributed by atoms with Gasteiger partial charge in [0.1, 0.15) is 0 Å². The van der Waals surface area contributed by atoms with Gasteiger partial charge < -0.3 is 9.84 Å². The lowest BCUT2D eigenvalue weighted by atomic mass is 10.1. The minimum Gasteiger partial charge on any atom is -0.360 e. The van der Waals surface area contributed by atoms with Crippen molar-refractivity contribution in [2.45, 2.75) is 51.9 Å². The minimum atomic E-state index is -1.57. The Morgan fingerprint density at radius 2 is 2.17 bits per heavy atom. The van der Waals surface area contributed by atoms with Crippen LogP contribution in [0.2, 0.25) is 0 Å². The van der Waals surface area contributed by atoms with Crippen LogP contribution in [0, 0.1) is 0 Å². The fourth-order valence-corrected chi connectivity index (χ4v) is 0.984. The monoisotopic (exact) mass is 174 g/mol. The maximum Gasteiger partial charge on any atom is 0.223 e. The highest BCUT2D eigenvalue weighted by Gasteiger charge is 2.27. The van der Waals surface area contributed by atoms with Gasteiger partial charge in [-0.25, -0.2) is 0 Å². The number of unbranched alkanes of at least 4 members (excludes halogenated alkanes) is 1. The van der Waals surface area contributed by atoms with Gasteiger partial charge in [-0.05, 0) is 20.3 Å². The number of rotatable bonds is 6. The second-order valence-corrected chi connectivity index (χ2v) is 3.23. The van der Waals surface area contributed by atoms with Gasteiger partial charge in [-0.15, -0.1) is 0 Å². The predicted molar refractivity (Wildman–Crippen MR) is 46.8 cm³/mol. The van der Waals surface area contributed by atoms with E-state index >= 15 is 0 Å². The van der Waals surface area contributed by atoms with Crippen molar-refractivity contribution in [3.8, 4) is 0 Å². The molecule has 0 spiro atoms. The Balaban J connectivity index is 3.95. The number of aliphatic hydroxyl groups is 1. The number of hydrogen-bond acceptors (Lipinski definition) is 3. The Hall–Kier alpha value is -0.410. The standard InChI is InChI=1S/C9H18O3/c1-4-5-6-9(11,7-10)12-8(2)3/h7-8,11H,4-6H2,1-3H3. The Bertz CT molecular complexity index is 134. The van der Waals surface area contributed by atoms with Crippen molar-refractivity contribution < 1.29 is 14.6 Å². The van der Waals surface area contributed by atoms with Crippen LogP contribution in [0.3, 0.4) is 0 Å². The molecule has 3 nitrogen and oxygen atoms in total. The van der Waals surface area contributed by atoms with Gasteiger partial charge in [-0.3, -0.25) is 4.79 Å². The number of ether oxygens (including phenoxy) is 1. The molecule has 0 fully saturated rings. The van der Waals surface area contributed by atoms with Crippen LogP contribution in [-0.4, -0.2) is 23.3 Å². The van der Waals surface area contributed by atoms with E-state index in [4.69, 9.17) is 4.74 Å². The van der Waals surface area contributed by atoms with E-state index in [9.17, 15) is 9.90 Å². The molecule has 0 aliphatic carbocycles. The molecular weight excluding hydrogens is 156 g/mol. The zero-order valence-electron chi connectivity index (χ0n) is 8.04. The first-order valence-corrected chi connectivity index (χ1v) is 4.40.